The van der Waals surface area contributed by atoms with Crippen LogP contribution >= 0.6 is 0 Å². The van der Waals surface area contributed by atoms with Gasteiger partial charge in [-0.15, -0.1) is 0 Å². The van der Waals surface area contributed by atoms with Crippen molar-refractivity contribution in [2.24, 2.45) is 0 Å². The van der Waals surface area contributed by atoms with Crippen LogP contribution in [0.4, 0.5) is 5.69 Å². The summed E-state index contributed by atoms with van der Waals surface area (Å²) >= 11 is 0. The second-order valence-electron chi connectivity index (χ2n) is 6.03. The predicted molar refractivity (Wildman–Crippen MR) is 90.6 cm³/mol. The largest absolute Gasteiger partial charge is 0.496 e. The molecule has 0 radical (unpaired) electrons. The zero-order valence-corrected chi connectivity index (χ0v) is 13.9. The molecule has 0 unspecified atom stereocenters. The average Bonchev–Trinajstić information content (AvgIpc) is 2.51. The Morgan fingerprint density at radius 2 is 1.73 bits per heavy atom. The highest BCUT2D eigenvalue weighted by Gasteiger charge is 2.32. The molecule has 0 fully saturated rings. The fourth-order valence-corrected chi connectivity index (χ4v) is 2.45. The van der Waals surface area contributed by atoms with Crippen molar-refractivity contribution in [1.82, 2.24) is 0 Å². The summed E-state index contributed by atoms with van der Waals surface area (Å²) in [7, 11) is 1.62. The summed E-state index contributed by atoms with van der Waals surface area (Å²) in [5.74, 6) is 0.675. The Morgan fingerprint density at radius 3 is 2.41 bits per heavy atom. The molecule has 2 aromatic carbocycles. The maximum Gasteiger partial charge on any atom is 0.234 e. The van der Waals surface area contributed by atoms with Gasteiger partial charge in [-0.3, -0.25) is 4.79 Å². The fraction of sp³-hybridized carbons (Fsp3) is 0.316. The minimum Gasteiger partial charge on any atom is -0.496 e. The molecule has 0 aliphatic carbocycles. The van der Waals surface area contributed by atoms with Crippen LogP contribution in [0.15, 0.2) is 42.5 Å². The van der Waals surface area contributed by atoms with E-state index in [1.165, 1.54) is 0 Å². The van der Waals surface area contributed by atoms with Crippen molar-refractivity contribution >= 4 is 11.6 Å². The summed E-state index contributed by atoms with van der Waals surface area (Å²) in [5.41, 5.74) is 3.29. The highest BCUT2D eigenvalue weighted by Crippen LogP contribution is 2.33. The van der Waals surface area contributed by atoms with Gasteiger partial charge in [0.05, 0.1) is 12.5 Å². The van der Waals surface area contributed by atoms with Crippen LogP contribution in [0.5, 0.6) is 5.75 Å². The number of rotatable bonds is 4. The van der Waals surface area contributed by atoms with Gasteiger partial charge in [0.25, 0.3) is 0 Å². The van der Waals surface area contributed by atoms with Gasteiger partial charge in [-0.2, -0.15) is 0 Å². The lowest BCUT2D eigenvalue weighted by atomic mass is 9.83. The highest BCUT2D eigenvalue weighted by atomic mass is 16.5. The summed E-state index contributed by atoms with van der Waals surface area (Å²) in [6.45, 7) is 7.87. The van der Waals surface area contributed by atoms with E-state index in [1.54, 1.807) is 7.11 Å². The maximum atomic E-state index is 12.8. The van der Waals surface area contributed by atoms with E-state index in [0.717, 1.165) is 28.1 Å². The van der Waals surface area contributed by atoms with Gasteiger partial charge in [0.2, 0.25) is 5.91 Å². The van der Waals surface area contributed by atoms with E-state index in [0.29, 0.717) is 0 Å². The highest BCUT2D eigenvalue weighted by molar-refractivity contribution is 5.99. The van der Waals surface area contributed by atoms with Crippen molar-refractivity contribution in [3.05, 3.63) is 59.2 Å². The predicted octanol–water partition coefficient (Wildman–Crippen LogP) is 4.23. The van der Waals surface area contributed by atoms with Crippen molar-refractivity contribution in [3.8, 4) is 5.75 Å². The molecule has 0 spiro atoms. The third-order valence-electron chi connectivity index (χ3n) is 4.20. The molecule has 0 saturated carbocycles. The molecular formula is C19H23NO2. The van der Waals surface area contributed by atoms with Gasteiger partial charge in [0.1, 0.15) is 5.75 Å². The number of benzene rings is 2. The van der Waals surface area contributed by atoms with Crippen molar-refractivity contribution < 1.29 is 9.53 Å². The zero-order valence-electron chi connectivity index (χ0n) is 13.9. The van der Waals surface area contributed by atoms with Gasteiger partial charge in [-0.25, -0.2) is 0 Å². The Bertz CT molecular complexity index is 690. The Labute approximate surface area is 132 Å². The van der Waals surface area contributed by atoms with Crippen LogP contribution in [-0.2, 0) is 10.2 Å². The Kier molecular flexibility index (Phi) is 4.55. The van der Waals surface area contributed by atoms with Gasteiger partial charge in [-0.05, 0) is 51.0 Å². The minimum atomic E-state index is -0.692. The minimum absolute atomic E-state index is 0.0503. The van der Waals surface area contributed by atoms with Gasteiger partial charge in [-0.1, -0.05) is 30.3 Å². The third-order valence-corrected chi connectivity index (χ3v) is 4.20. The molecule has 3 nitrogen and oxygen atoms in total. The van der Waals surface area contributed by atoms with E-state index in [-0.39, 0.29) is 5.91 Å². The fourth-order valence-electron chi connectivity index (χ4n) is 2.45. The number of amides is 1. The molecule has 0 bridgehead atoms. The Balaban J connectivity index is 2.33. The number of aryl methyl sites for hydroxylation is 1. The van der Waals surface area contributed by atoms with E-state index in [1.807, 2.05) is 70.2 Å². The Morgan fingerprint density at radius 1 is 1.05 bits per heavy atom. The van der Waals surface area contributed by atoms with Crippen molar-refractivity contribution in [2.45, 2.75) is 33.1 Å². The quantitative estimate of drug-likeness (QED) is 0.917. The lowest BCUT2D eigenvalue weighted by Crippen LogP contribution is -2.35. The molecule has 0 heterocycles. The van der Waals surface area contributed by atoms with Crippen LogP contribution < -0.4 is 10.1 Å². The van der Waals surface area contributed by atoms with Gasteiger partial charge < -0.3 is 10.1 Å². The molecule has 0 aromatic heterocycles. The monoisotopic (exact) mass is 297 g/mol. The van der Waals surface area contributed by atoms with E-state index < -0.39 is 5.41 Å². The number of ether oxygens (including phenoxy) is 1. The summed E-state index contributed by atoms with van der Waals surface area (Å²) < 4.78 is 5.39. The van der Waals surface area contributed by atoms with Crippen LogP contribution in [0.25, 0.3) is 0 Å². The molecule has 1 amide bonds. The maximum absolute atomic E-state index is 12.8. The summed E-state index contributed by atoms with van der Waals surface area (Å²) in [6.07, 6.45) is 0. The number of methoxy groups -OCH3 is 1. The lowest BCUT2D eigenvalue weighted by molar-refractivity contribution is -0.120. The van der Waals surface area contributed by atoms with E-state index in [2.05, 4.69) is 5.32 Å². The smallest absolute Gasteiger partial charge is 0.234 e. The van der Waals surface area contributed by atoms with Crippen molar-refractivity contribution in [3.63, 3.8) is 0 Å². The van der Waals surface area contributed by atoms with E-state index in [9.17, 15) is 4.79 Å². The third kappa shape index (κ3) is 2.98. The zero-order chi connectivity index (χ0) is 16.3. The molecule has 0 atom stereocenters. The molecule has 3 heteroatoms. The van der Waals surface area contributed by atoms with Gasteiger partial charge in [0, 0.05) is 11.3 Å². The topological polar surface area (TPSA) is 38.3 Å². The molecule has 0 aliphatic rings. The summed E-state index contributed by atoms with van der Waals surface area (Å²) in [5, 5.41) is 3.05. The van der Waals surface area contributed by atoms with Crippen LogP contribution in [0.3, 0.4) is 0 Å². The number of carbonyl (C=O) groups is 1. The lowest BCUT2D eigenvalue weighted by Gasteiger charge is -2.26. The number of hydrogen-bond donors (Lipinski definition) is 1. The number of hydrogen-bond acceptors (Lipinski definition) is 2. The second-order valence-corrected chi connectivity index (χ2v) is 6.03. The standard InChI is InChI=1S/C19H23NO2/c1-13-9-8-11-16(14(13)2)20-18(21)19(3,4)15-10-6-7-12-17(15)22-5/h6-12H,1-5H3,(H,20,21). The van der Waals surface area contributed by atoms with Crippen LogP contribution in [0.2, 0.25) is 0 Å². The number of nitrogens with one attached hydrogen (secondary N) is 1. The molecule has 2 aromatic rings. The number of anilines is 1. The second kappa shape index (κ2) is 6.22. The van der Waals surface area contributed by atoms with Gasteiger partial charge >= 0.3 is 0 Å². The number of para-hydroxylation sites is 1. The van der Waals surface area contributed by atoms with Crippen molar-refractivity contribution in [2.75, 3.05) is 12.4 Å². The van der Waals surface area contributed by atoms with E-state index >= 15 is 0 Å². The molecule has 0 saturated heterocycles. The van der Waals surface area contributed by atoms with Crippen LogP contribution in [0, 0.1) is 13.8 Å². The summed E-state index contributed by atoms with van der Waals surface area (Å²) in [4.78, 5) is 12.8. The summed E-state index contributed by atoms with van der Waals surface area (Å²) in [6, 6.07) is 13.6. The Hall–Kier alpha value is -2.29. The molecular weight excluding hydrogens is 274 g/mol. The van der Waals surface area contributed by atoms with E-state index in [4.69, 9.17) is 4.74 Å². The first-order chi connectivity index (χ1) is 10.4. The SMILES string of the molecule is COc1ccccc1C(C)(C)C(=O)Nc1cccc(C)c1C. The first kappa shape index (κ1) is 16.1. The van der Waals surface area contributed by atoms with Gasteiger partial charge in [0.15, 0.2) is 0 Å². The molecule has 0 aliphatic heterocycles. The first-order valence-electron chi connectivity index (χ1n) is 7.39. The van der Waals surface area contributed by atoms with Crippen LogP contribution in [-0.4, -0.2) is 13.0 Å². The first-order valence-corrected chi connectivity index (χ1v) is 7.39. The molecule has 22 heavy (non-hydrogen) atoms. The van der Waals surface area contributed by atoms with Crippen LogP contribution in [0.1, 0.15) is 30.5 Å². The average molecular weight is 297 g/mol. The molecule has 2 rings (SSSR count). The molecule has 116 valence electrons. The van der Waals surface area contributed by atoms with Crippen molar-refractivity contribution in [1.29, 1.82) is 0 Å². The normalized spacial score (nSPS) is 11.1. The number of carbonyl (C=O) groups excluding carboxylic acids is 1. The molecule has 1 N–H and O–H groups in total.